The molecule has 0 aliphatic heterocycles. The molecule has 9 heteroatoms. The minimum atomic E-state index is -4.40. The van der Waals surface area contributed by atoms with E-state index in [4.69, 9.17) is 9.15 Å². The molecule has 35 heavy (non-hydrogen) atoms. The van der Waals surface area contributed by atoms with Gasteiger partial charge in [-0.3, -0.25) is 4.79 Å². The Labute approximate surface area is 201 Å². The summed E-state index contributed by atoms with van der Waals surface area (Å²) in [6.07, 6.45) is -2.31. The summed E-state index contributed by atoms with van der Waals surface area (Å²) < 4.78 is 50.6. The Kier molecular flexibility index (Phi) is 8.22. The predicted octanol–water partition coefficient (Wildman–Crippen LogP) is 6.56. The molecule has 0 saturated carbocycles. The van der Waals surface area contributed by atoms with E-state index in [-0.39, 0.29) is 19.0 Å². The van der Waals surface area contributed by atoms with Gasteiger partial charge in [0.05, 0.1) is 20.0 Å². The number of nitrogens with zero attached hydrogens (tertiary/aromatic N) is 1. The van der Waals surface area contributed by atoms with Crippen LogP contribution >= 0.6 is 0 Å². The minimum Gasteiger partial charge on any atom is -0.496 e. The second kappa shape index (κ2) is 11.1. The van der Waals surface area contributed by atoms with Crippen molar-refractivity contribution in [3.63, 3.8) is 0 Å². The number of anilines is 1. The average molecular weight is 489 g/mol. The molecule has 0 aliphatic carbocycles. The number of aryl methyl sites for hydroxylation is 1. The van der Waals surface area contributed by atoms with E-state index in [1.165, 1.54) is 7.11 Å². The van der Waals surface area contributed by atoms with Crippen molar-refractivity contribution in [3.05, 3.63) is 70.8 Å². The van der Waals surface area contributed by atoms with E-state index >= 15 is 0 Å². The van der Waals surface area contributed by atoms with Crippen molar-refractivity contribution in [1.29, 1.82) is 0 Å². The van der Waals surface area contributed by atoms with Crippen molar-refractivity contribution in [2.24, 2.45) is 0 Å². The molecular formula is C26H27F3N2O4. The molecule has 0 amide bonds. The standard InChI is InChI=1S/C26H27F3N2O4/c1-4-5-19(20-13-17(14-24(32)33)7-9-22(20)34-3)18(10-11-26(27,28)29)15-30-25-31-21-12-16(2)6-8-23(21)35-25/h5-10,12-13H,4,11,14-15H2,1-3H3,(H,30,31)(H,32,33)/b18-10-,19-5+. The molecule has 3 aromatic rings. The van der Waals surface area contributed by atoms with E-state index in [9.17, 15) is 23.1 Å². The summed E-state index contributed by atoms with van der Waals surface area (Å²) in [5.41, 5.74) is 4.09. The number of carboxylic acids is 1. The fourth-order valence-corrected chi connectivity index (χ4v) is 3.67. The number of aromatic nitrogens is 1. The topological polar surface area (TPSA) is 84.6 Å². The van der Waals surface area contributed by atoms with Crippen molar-refractivity contribution in [2.45, 2.75) is 39.3 Å². The highest BCUT2D eigenvalue weighted by Crippen LogP contribution is 2.34. The number of nitrogens with one attached hydrogen (secondary N) is 1. The Bertz CT molecular complexity index is 1260. The molecule has 1 heterocycles. The van der Waals surface area contributed by atoms with Crippen LogP contribution in [0.3, 0.4) is 0 Å². The maximum absolute atomic E-state index is 13.2. The van der Waals surface area contributed by atoms with Crippen LogP contribution in [0.4, 0.5) is 19.2 Å². The number of fused-ring (bicyclic) bond motifs is 1. The van der Waals surface area contributed by atoms with Crippen LogP contribution in [0, 0.1) is 6.92 Å². The molecule has 2 aromatic carbocycles. The summed E-state index contributed by atoms with van der Waals surface area (Å²) in [6, 6.07) is 10.6. The van der Waals surface area contributed by atoms with Gasteiger partial charge in [0, 0.05) is 12.1 Å². The van der Waals surface area contributed by atoms with E-state index < -0.39 is 18.6 Å². The summed E-state index contributed by atoms with van der Waals surface area (Å²) >= 11 is 0. The van der Waals surface area contributed by atoms with E-state index in [0.29, 0.717) is 45.5 Å². The Morgan fingerprint density at radius 3 is 2.63 bits per heavy atom. The number of oxazole rings is 1. The lowest BCUT2D eigenvalue weighted by Crippen LogP contribution is -2.11. The number of ether oxygens (including phenoxy) is 1. The van der Waals surface area contributed by atoms with Crippen LogP contribution in [0.25, 0.3) is 16.7 Å². The lowest BCUT2D eigenvalue weighted by molar-refractivity contribution is -0.136. The van der Waals surface area contributed by atoms with Gasteiger partial charge in [0.25, 0.3) is 6.01 Å². The van der Waals surface area contributed by atoms with Gasteiger partial charge < -0.3 is 19.6 Å². The number of aliphatic carboxylic acids is 1. The van der Waals surface area contributed by atoms with Crippen LogP contribution in [-0.4, -0.2) is 35.9 Å². The number of rotatable bonds is 10. The Balaban J connectivity index is 2.01. The van der Waals surface area contributed by atoms with Gasteiger partial charge in [-0.15, -0.1) is 0 Å². The quantitative estimate of drug-likeness (QED) is 0.315. The van der Waals surface area contributed by atoms with Crippen molar-refractivity contribution < 1.29 is 32.2 Å². The maximum Gasteiger partial charge on any atom is 0.392 e. The first-order chi connectivity index (χ1) is 16.6. The molecule has 0 saturated heterocycles. The molecule has 1 aromatic heterocycles. The van der Waals surface area contributed by atoms with Crippen LogP contribution in [-0.2, 0) is 11.2 Å². The molecular weight excluding hydrogens is 461 g/mol. The molecule has 2 N–H and O–H groups in total. The lowest BCUT2D eigenvalue weighted by Gasteiger charge is -2.18. The number of carbonyl (C=O) groups is 1. The fourth-order valence-electron chi connectivity index (χ4n) is 3.67. The number of benzene rings is 2. The van der Waals surface area contributed by atoms with Gasteiger partial charge in [0.2, 0.25) is 0 Å². The van der Waals surface area contributed by atoms with Gasteiger partial charge >= 0.3 is 12.1 Å². The minimum absolute atomic E-state index is 0.0000296. The highest BCUT2D eigenvalue weighted by atomic mass is 19.4. The SMILES string of the molecule is CC/C=C(\C(=C/CC(F)(F)F)CNc1nc2cc(C)ccc2o1)c1cc(CC(=O)O)ccc1OC. The zero-order valence-corrected chi connectivity index (χ0v) is 19.7. The summed E-state index contributed by atoms with van der Waals surface area (Å²) in [6.45, 7) is 3.79. The first-order valence-electron chi connectivity index (χ1n) is 11.1. The molecule has 6 nitrogen and oxygen atoms in total. The molecule has 0 unspecified atom stereocenters. The van der Waals surface area contributed by atoms with Crippen LogP contribution in [0.15, 0.2) is 58.5 Å². The van der Waals surface area contributed by atoms with Crippen LogP contribution in [0.5, 0.6) is 5.75 Å². The van der Waals surface area contributed by atoms with Crippen molar-refractivity contribution >= 4 is 28.7 Å². The van der Waals surface area contributed by atoms with Crippen LogP contribution in [0.1, 0.15) is 36.5 Å². The van der Waals surface area contributed by atoms with E-state index in [0.717, 1.165) is 11.6 Å². The van der Waals surface area contributed by atoms with Gasteiger partial charge in [-0.05, 0) is 59.9 Å². The summed E-state index contributed by atoms with van der Waals surface area (Å²) in [5, 5.41) is 12.2. The van der Waals surface area contributed by atoms with Gasteiger partial charge in [0.1, 0.15) is 11.3 Å². The third-order valence-corrected chi connectivity index (χ3v) is 5.22. The summed E-state index contributed by atoms with van der Waals surface area (Å²) in [5.74, 6) is -0.586. The first-order valence-corrected chi connectivity index (χ1v) is 11.1. The van der Waals surface area contributed by atoms with E-state index in [2.05, 4.69) is 10.3 Å². The molecule has 0 bridgehead atoms. The van der Waals surface area contributed by atoms with E-state index in [1.807, 2.05) is 26.0 Å². The normalized spacial score (nSPS) is 12.7. The van der Waals surface area contributed by atoms with Gasteiger partial charge in [-0.1, -0.05) is 31.2 Å². The maximum atomic E-state index is 13.2. The Morgan fingerprint density at radius 1 is 1.20 bits per heavy atom. The second-order valence-corrected chi connectivity index (χ2v) is 8.02. The third kappa shape index (κ3) is 7.11. The lowest BCUT2D eigenvalue weighted by atomic mass is 9.93. The molecule has 0 spiro atoms. The fraction of sp³-hybridized carbons (Fsp3) is 0.308. The number of methoxy groups -OCH3 is 1. The number of hydrogen-bond donors (Lipinski definition) is 2. The van der Waals surface area contributed by atoms with Crippen molar-refractivity contribution in [3.8, 4) is 5.75 Å². The number of alkyl halides is 3. The Hall–Kier alpha value is -3.75. The van der Waals surface area contributed by atoms with Gasteiger partial charge in [-0.2, -0.15) is 18.2 Å². The number of carboxylic acid groups (broad SMARTS) is 1. The average Bonchev–Trinajstić information content (AvgIpc) is 3.19. The zero-order chi connectivity index (χ0) is 25.6. The van der Waals surface area contributed by atoms with E-state index in [1.54, 1.807) is 30.3 Å². The predicted molar refractivity (Wildman–Crippen MR) is 129 cm³/mol. The Morgan fingerprint density at radius 2 is 1.97 bits per heavy atom. The number of allylic oxidation sites excluding steroid dienone is 2. The third-order valence-electron chi connectivity index (χ3n) is 5.22. The van der Waals surface area contributed by atoms with Gasteiger partial charge in [0.15, 0.2) is 5.58 Å². The molecule has 3 rings (SSSR count). The molecule has 0 aliphatic rings. The zero-order valence-electron chi connectivity index (χ0n) is 19.7. The number of hydrogen-bond acceptors (Lipinski definition) is 5. The molecule has 186 valence electrons. The number of halogens is 3. The van der Waals surface area contributed by atoms with Crippen molar-refractivity contribution in [1.82, 2.24) is 4.98 Å². The smallest absolute Gasteiger partial charge is 0.392 e. The highest BCUT2D eigenvalue weighted by Gasteiger charge is 2.26. The summed E-state index contributed by atoms with van der Waals surface area (Å²) in [4.78, 5) is 15.6. The second-order valence-electron chi connectivity index (χ2n) is 8.02. The highest BCUT2D eigenvalue weighted by molar-refractivity contribution is 5.84. The summed E-state index contributed by atoms with van der Waals surface area (Å²) in [7, 11) is 1.46. The molecule has 0 fully saturated rings. The largest absolute Gasteiger partial charge is 0.496 e. The van der Waals surface area contributed by atoms with Gasteiger partial charge in [-0.25, -0.2) is 0 Å². The van der Waals surface area contributed by atoms with Crippen LogP contribution < -0.4 is 10.1 Å². The molecule has 0 radical (unpaired) electrons. The van der Waals surface area contributed by atoms with Crippen molar-refractivity contribution in [2.75, 3.05) is 19.0 Å². The monoisotopic (exact) mass is 488 g/mol. The molecule has 0 atom stereocenters. The first kappa shape index (κ1) is 25.9. The van der Waals surface area contributed by atoms with Crippen LogP contribution in [0.2, 0.25) is 0 Å².